The zero-order valence-corrected chi connectivity index (χ0v) is 25.1. The number of hydrogen-bond acceptors (Lipinski definition) is 0. The minimum atomic E-state index is 1.17. The van der Waals surface area contributed by atoms with Crippen LogP contribution in [0.4, 0.5) is 0 Å². The third-order valence-electron chi connectivity index (χ3n) is 9.65. The average molecular weight is 585 g/mol. The Morgan fingerprint density at radius 2 is 0.913 bits per heavy atom. The lowest BCUT2D eigenvalue weighted by atomic mass is 9.94. The van der Waals surface area contributed by atoms with Gasteiger partial charge in [-0.25, -0.2) is 0 Å². The molecule has 0 saturated heterocycles. The van der Waals surface area contributed by atoms with Gasteiger partial charge in [0.25, 0.3) is 0 Å². The summed E-state index contributed by atoms with van der Waals surface area (Å²) >= 11 is 0. The Kier molecular flexibility index (Phi) is 5.31. The van der Waals surface area contributed by atoms with Crippen molar-refractivity contribution in [2.45, 2.75) is 0 Å². The highest BCUT2D eigenvalue weighted by molar-refractivity contribution is 6.22. The molecule has 10 aromatic rings. The van der Waals surface area contributed by atoms with Gasteiger partial charge in [0.2, 0.25) is 0 Å². The van der Waals surface area contributed by atoms with Crippen LogP contribution in [-0.4, -0.2) is 9.13 Å². The molecule has 0 amide bonds. The molecule has 0 spiro atoms. The predicted molar refractivity (Wildman–Crippen MR) is 196 cm³/mol. The van der Waals surface area contributed by atoms with E-state index in [1.165, 1.54) is 87.7 Å². The molecule has 0 aliphatic heterocycles. The molecule has 0 aliphatic carbocycles. The Morgan fingerprint density at radius 3 is 1.72 bits per heavy atom. The fourth-order valence-corrected chi connectivity index (χ4v) is 7.65. The molecule has 0 saturated carbocycles. The standard InChI is InChI=1S/C44H28N2/c1-2-15-33(16-3-1)46-41-21-11-9-19-37(41)39-27-31-14-6-7-17-35(31)43(44(39)46)32-23-25-42-38(28-32)36-18-8-10-20-40(36)45(42)34-24-22-29-12-4-5-13-30(29)26-34/h1-28H. The fourth-order valence-electron chi connectivity index (χ4n) is 7.65. The minimum Gasteiger partial charge on any atom is -0.309 e. The molecule has 46 heavy (non-hydrogen) atoms. The first-order valence-electron chi connectivity index (χ1n) is 15.9. The molecule has 0 radical (unpaired) electrons. The molecule has 8 aromatic carbocycles. The lowest BCUT2D eigenvalue weighted by Crippen LogP contribution is -1.96. The molecule has 2 nitrogen and oxygen atoms in total. The summed E-state index contributed by atoms with van der Waals surface area (Å²) in [7, 11) is 0. The molecule has 0 unspecified atom stereocenters. The molecule has 10 rings (SSSR count). The van der Waals surface area contributed by atoms with Gasteiger partial charge < -0.3 is 9.13 Å². The van der Waals surface area contributed by atoms with E-state index in [9.17, 15) is 0 Å². The number of nitrogens with zero attached hydrogens (tertiary/aromatic N) is 2. The summed E-state index contributed by atoms with van der Waals surface area (Å²) in [6.07, 6.45) is 0. The van der Waals surface area contributed by atoms with Crippen molar-refractivity contribution in [3.05, 3.63) is 170 Å². The lowest BCUT2D eigenvalue weighted by molar-refractivity contribution is 1.18. The van der Waals surface area contributed by atoms with Gasteiger partial charge in [-0.15, -0.1) is 0 Å². The van der Waals surface area contributed by atoms with Gasteiger partial charge in [0.1, 0.15) is 0 Å². The molecule has 2 heteroatoms. The van der Waals surface area contributed by atoms with Crippen molar-refractivity contribution in [2.24, 2.45) is 0 Å². The van der Waals surface area contributed by atoms with Crippen molar-refractivity contribution in [1.82, 2.24) is 9.13 Å². The quantitative estimate of drug-likeness (QED) is 0.195. The number of rotatable bonds is 3. The van der Waals surface area contributed by atoms with E-state index < -0.39 is 0 Å². The van der Waals surface area contributed by atoms with Crippen LogP contribution in [-0.2, 0) is 0 Å². The van der Waals surface area contributed by atoms with E-state index in [2.05, 4.69) is 179 Å². The largest absolute Gasteiger partial charge is 0.309 e. The number of aromatic nitrogens is 2. The zero-order chi connectivity index (χ0) is 30.2. The van der Waals surface area contributed by atoms with E-state index in [-0.39, 0.29) is 0 Å². The van der Waals surface area contributed by atoms with E-state index in [0.29, 0.717) is 0 Å². The Hall–Kier alpha value is -6.12. The number of para-hydroxylation sites is 3. The summed E-state index contributed by atoms with van der Waals surface area (Å²) in [6, 6.07) is 62.0. The number of benzene rings is 8. The Bertz CT molecular complexity index is 2800. The summed E-state index contributed by atoms with van der Waals surface area (Å²) < 4.78 is 4.87. The maximum absolute atomic E-state index is 2.45. The van der Waals surface area contributed by atoms with Gasteiger partial charge in [-0.05, 0) is 81.7 Å². The van der Waals surface area contributed by atoms with Crippen LogP contribution < -0.4 is 0 Å². The smallest absolute Gasteiger partial charge is 0.0625 e. The summed E-state index contributed by atoms with van der Waals surface area (Å²) in [5.41, 5.74) is 9.70. The number of hydrogen-bond donors (Lipinski definition) is 0. The Labute approximate surface area is 266 Å². The van der Waals surface area contributed by atoms with Gasteiger partial charge in [-0.2, -0.15) is 0 Å². The molecule has 0 atom stereocenters. The van der Waals surface area contributed by atoms with Gasteiger partial charge >= 0.3 is 0 Å². The fraction of sp³-hybridized carbons (Fsp3) is 0. The molecule has 0 aliphatic rings. The molecular formula is C44H28N2. The SMILES string of the molecule is c1ccc(-n2c3ccccc3c3cc4ccccc4c(-c4ccc5c(c4)c4ccccc4n5-c4ccc5ccccc5c4)c32)cc1. The first-order chi connectivity index (χ1) is 22.8. The summed E-state index contributed by atoms with van der Waals surface area (Å²) in [4.78, 5) is 0. The predicted octanol–water partition coefficient (Wildman–Crippen LogP) is 11.9. The van der Waals surface area contributed by atoms with Crippen LogP contribution in [0.5, 0.6) is 0 Å². The van der Waals surface area contributed by atoms with Crippen molar-refractivity contribution in [1.29, 1.82) is 0 Å². The van der Waals surface area contributed by atoms with Crippen molar-refractivity contribution < 1.29 is 0 Å². The summed E-state index contributed by atoms with van der Waals surface area (Å²) in [5, 5.41) is 10.1. The Balaban J connectivity index is 1.33. The van der Waals surface area contributed by atoms with Gasteiger partial charge in [0.05, 0.1) is 22.1 Å². The molecule has 2 heterocycles. The van der Waals surface area contributed by atoms with E-state index >= 15 is 0 Å². The Morgan fingerprint density at radius 1 is 0.304 bits per heavy atom. The second kappa shape index (κ2) is 9.69. The topological polar surface area (TPSA) is 9.86 Å². The summed E-state index contributed by atoms with van der Waals surface area (Å²) in [5.74, 6) is 0. The van der Waals surface area contributed by atoms with Crippen LogP contribution in [0.2, 0.25) is 0 Å². The maximum Gasteiger partial charge on any atom is 0.0625 e. The summed E-state index contributed by atoms with van der Waals surface area (Å²) in [6.45, 7) is 0. The molecule has 0 N–H and O–H groups in total. The molecular weight excluding hydrogens is 556 g/mol. The normalized spacial score (nSPS) is 11.9. The highest BCUT2D eigenvalue weighted by atomic mass is 15.0. The van der Waals surface area contributed by atoms with Crippen molar-refractivity contribution in [3.8, 4) is 22.5 Å². The highest BCUT2D eigenvalue weighted by Gasteiger charge is 2.21. The van der Waals surface area contributed by atoms with E-state index in [4.69, 9.17) is 0 Å². The third kappa shape index (κ3) is 3.59. The van der Waals surface area contributed by atoms with Gasteiger partial charge in [0, 0.05) is 38.5 Å². The monoisotopic (exact) mass is 584 g/mol. The molecule has 2 aromatic heterocycles. The number of fused-ring (bicyclic) bond motifs is 8. The maximum atomic E-state index is 2.45. The first-order valence-corrected chi connectivity index (χ1v) is 15.9. The third-order valence-corrected chi connectivity index (χ3v) is 9.65. The van der Waals surface area contributed by atoms with Gasteiger partial charge in [-0.3, -0.25) is 0 Å². The molecule has 0 fully saturated rings. The minimum absolute atomic E-state index is 1.17. The van der Waals surface area contributed by atoms with Crippen LogP contribution in [0.25, 0.3) is 87.7 Å². The first kappa shape index (κ1) is 25.2. The second-order valence-electron chi connectivity index (χ2n) is 12.2. The van der Waals surface area contributed by atoms with Crippen LogP contribution in [0.15, 0.2) is 170 Å². The van der Waals surface area contributed by atoms with Crippen LogP contribution in [0.1, 0.15) is 0 Å². The lowest BCUT2D eigenvalue weighted by Gasteiger charge is -2.15. The molecule has 214 valence electrons. The van der Waals surface area contributed by atoms with Crippen LogP contribution >= 0.6 is 0 Å². The average Bonchev–Trinajstić information content (AvgIpc) is 3.63. The van der Waals surface area contributed by atoms with Gasteiger partial charge in [0.15, 0.2) is 0 Å². The van der Waals surface area contributed by atoms with E-state index in [1.54, 1.807) is 0 Å². The van der Waals surface area contributed by atoms with Crippen molar-refractivity contribution in [2.75, 3.05) is 0 Å². The highest BCUT2D eigenvalue weighted by Crippen LogP contribution is 2.44. The van der Waals surface area contributed by atoms with Crippen molar-refractivity contribution in [3.63, 3.8) is 0 Å². The van der Waals surface area contributed by atoms with Crippen LogP contribution in [0, 0.1) is 0 Å². The van der Waals surface area contributed by atoms with Gasteiger partial charge in [-0.1, -0.05) is 115 Å². The second-order valence-corrected chi connectivity index (χ2v) is 12.2. The zero-order valence-electron chi connectivity index (χ0n) is 25.1. The van der Waals surface area contributed by atoms with Crippen molar-refractivity contribution >= 4 is 65.2 Å². The van der Waals surface area contributed by atoms with E-state index in [1.807, 2.05) is 0 Å². The van der Waals surface area contributed by atoms with E-state index in [0.717, 1.165) is 0 Å². The van der Waals surface area contributed by atoms with Crippen LogP contribution in [0.3, 0.4) is 0 Å². The molecule has 0 bridgehead atoms.